The highest BCUT2D eigenvalue weighted by Crippen LogP contribution is 2.27. The Kier molecular flexibility index (Phi) is 4.93. The number of ether oxygens (including phenoxy) is 1. The fourth-order valence-corrected chi connectivity index (χ4v) is 4.83. The van der Waals surface area contributed by atoms with Crippen LogP contribution in [-0.2, 0) is 9.84 Å². The van der Waals surface area contributed by atoms with Crippen LogP contribution in [0.2, 0.25) is 0 Å². The highest BCUT2D eigenvalue weighted by Gasteiger charge is 2.34. The molecular formula is C14H18BrNO4S. The van der Waals surface area contributed by atoms with Gasteiger partial charge in [-0.15, -0.1) is 0 Å². The Morgan fingerprint density at radius 2 is 2.19 bits per heavy atom. The SMILES string of the molecule is CCN(C(=O)c1ccc(OC)c(Br)c1)C1CCS(=O)(=O)C1. The standard InChI is InChI=1S/C14H18BrNO4S/c1-3-16(11-6-7-21(18,19)9-11)14(17)10-4-5-13(20-2)12(15)8-10/h4-5,8,11H,3,6-7,9H2,1-2H3. The average molecular weight is 376 g/mol. The van der Waals surface area contributed by atoms with E-state index in [-0.39, 0.29) is 23.5 Å². The zero-order valence-corrected chi connectivity index (χ0v) is 14.4. The van der Waals surface area contributed by atoms with Crippen molar-refractivity contribution in [2.75, 3.05) is 25.2 Å². The molecule has 2 rings (SSSR count). The average Bonchev–Trinajstić information content (AvgIpc) is 2.79. The predicted molar refractivity (Wildman–Crippen MR) is 84.5 cm³/mol. The summed E-state index contributed by atoms with van der Waals surface area (Å²) in [5.41, 5.74) is 0.522. The molecule has 1 saturated heterocycles. The molecule has 5 nitrogen and oxygen atoms in total. The van der Waals surface area contributed by atoms with Gasteiger partial charge in [-0.3, -0.25) is 4.79 Å². The van der Waals surface area contributed by atoms with Crippen LogP contribution in [0.25, 0.3) is 0 Å². The first-order valence-corrected chi connectivity index (χ1v) is 9.34. The normalized spacial score (nSPS) is 20.2. The first kappa shape index (κ1) is 16.3. The monoisotopic (exact) mass is 375 g/mol. The van der Waals surface area contributed by atoms with Crippen LogP contribution in [-0.4, -0.2) is 50.4 Å². The number of amides is 1. The number of benzene rings is 1. The summed E-state index contributed by atoms with van der Waals surface area (Å²) in [4.78, 5) is 14.2. The molecule has 1 atom stereocenters. The number of hydrogen-bond acceptors (Lipinski definition) is 4. The molecule has 1 aliphatic heterocycles. The van der Waals surface area contributed by atoms with Gasteiger partial charge in [-0.1, -0.05) is 0 Å². The van der Waals surface area contributed by atoms with Crippen LogP contribution in [0.4, 0.5) is 0 Å². The van der Waals surface area contributed by atoms with Crippen LogP contribution >= 0.6 is 15.9 Å². The molecule has 0 bridgehead atoms. The molecule has 7 heteroatoms. The highest BCUT2D eigenvalue weighted by molar-refractivity contribution is 9.10. The summed E-state index contributed by atoms with van der Waals surface area (Å²) in [6.07, 6.45) is 0.513. The third-order valence-electron chi connectivity index (χ3n) is 3.65. The van der Waals surface area contributed by atoms with Crippen molar-refractivity contribution in [3.63, 3.8) is 0 Å². The summed E-state index contributed by atoms with van der Waals surface area (Å²) < 4.78 is 29.0. The minimum atomic E-state index is -3.01. The van der Waals surface area contributed by atoms with E-state index in [0.29, 0.717) is 28.8 Å². The van der Waals surface area contributed by atoms with E-state index in [1.807, 2.05) is 6.92 Å². The fourth-order valence-electron chi connectivity index (χ4n) is 2.55. The van der Waals surface area contributed by atoms with Gasteiger partial charge in [0, 0.05) is 18.2 Å². The van der Waals surface area contributed by atoms with Gasteiger partial charge < -0.3 is 9.64 Å². The highest BCUT2D eigenvalue weighted by atomic mass is 79.9. The molecule has 1 aliphatic rings. The van der Waals surface area contributed by atoms with Crippen LogP contribution in [0.5, 0.6) is 5.75 Å². The van der Waals surface area contributed by atoms with Crippen molar-refractivity contribution in [1.82, 2.24) is 4.90 Å². The minimum Gasteiger partial charge on any atom is -0.496 e. The molecule has 0 saturated carbocycles. The van der Waals surface area contributed by atoms with Crippen LogP contribution in [0, 0.1) is 0 Å². The Bertz CT molecular complexity index is 644. The molecule has 1 unspecified atom stereocenters. The number of halogens is 1. The van der Waals surface area contributed by atoms with E-state index in [1.54, 1.807) is 30.2 Å². The molecule has 0 aliphatic carbocycles. The molecule has 1 aromatic rings. The Morgan fingerprint density at radius 3 is 2.67 bits per heavy atom. The summed E-state index contributed by atoms with van der Waals surface area (Å²) in [5, 5.41) is 0. The van der Waals surface area contributed by atoms with Crippen molar-refractivity contribution < 1.29 is 17.9 Å². The lowest BCUT2D eigenvalue weighted by Crippen LogP contribution is -2.40. The Hall–Kier alpha value is -1.08. The molecule has 1 amide bonds. The van der Waals surface area contributed by atoms with E-state index in [1.165, 1.54) is 0 Å². The lowest BCUT2D eigenvalue weighted by Gasteiger charge is -2.27. The zero-order chi connectivity index (χ0) is 15.6. The fraction of sp³-hybridized carbons (Fsp3) is 0.500. The van der Waals surface area contributed by atoms with Crippen molar-refractivity contribution in [3.05, 3.63) is 28.2 Å². The van der Waals surface area contributed by atoms with E-state index >= 15 is 0 Å². The van der Waals surface area contributed by atoms with E-state index in [4.69, 9.17) is 4.74 Å². The van der Waals surface area contributed by atoms with E-state index in [2.05, 4.69) is 15.9 Å². The summed E-state index contributed by atoms with van der Waals surface area (Å²) in [6, 6.07) is 4.88. The van der Waals surface area contributed by atoms with Gasteiger partial charge in [-0.05, 0) is 47.5 Å². The molecule has 1 aromatic carbocycles. The molecule has 1 heterocycles. The predicted octanol–water partition coefficient (Wildman–Crippen LogP) is 2.11. The van der Waals surface area contributed by atoms with Gasteiger partial charge in [0.25, 0.3) is 5.91 Å². The van der Waals surface area contributed by atoms with Crippen molar-refractivity contribution in [3.8, 4) is 5.75 Å². The first-order chi connectivity index (χ1) is 9.88. The van der Waals surface area contributed by atoms with E-state index in [0.717, 1.165) is 0 Å². The number of carbonyl (C=O) groups excluding carboxylic acids is 1. The maximum atomic E-state index is 12.6. The van der Waals surface area contributed by atoms with Gasteiger partial charge in [0.2, 0.25) is 0 Å². The molecule has 116 valence electrons. The van der Waals surface area contributed by atoms with Gasteiger partial charge in [0.05, 0.1) is 23.1 Å². The summed E-state index contributed by atoms with van der Waals surface area (Å²) >= 11 is 3.36. The van der Waals surface area contributed by atoms with Crippen molar-refractivity contribution >= 4 is 31.7 Å². The van der Waals surface area contributed by atoms with Crippen molar-refractivity contribution in [1.29, 1.82) is 0 Å². The third kappa shape index (κ3) is 3.58. The zero-order valence-electron chi connectivity index (χ0n) is 12.0. The molecule has 21 heavy (non-hydrogen) atoms. The van der Waals surface area contributed by atoms with E-state index in [9.17, 15) is 13.2 Å². The molecular weight excluding hydrogens is 358 g/mol. The lowest BCUT2D eigenvalue weighted by molar-refractivity contribution is 0.0708. The number of carbonyl (C=O) groups is 1. The van der Waals surface area contributed by atoms with Gasteiger partial charge in [0.15, 0.2) is 9.84 Å². The van der Waals surface area contributed by atoms with Crippen LogP contribution < -0.4 is 4.74 Å². The number of methoxy groups -OCH3 is 1. The molecule has 0 radical (unpaired) electrons. The third-order valence-corrected chi connectivity index (χ3v) is 6.02. The van der Waals surface area contributed by atoms with Crippen molar-refractivity contribution in [2.45, 2.75) is 19.4 Å². The minimum absolute atomic E-state index is 0.0594. The second kappa shape index (κ2) is 6.36. The van der Waals surface area contributed by atoms with Gasteiger partial charge in [-0.2, -0.15) is 0 Å². The summed E-state index contributed by atoms with van der Waals surface area (Å²) in [5.74, 6) is 0.721. The quantitative estimate of drug-likeness (QED) is 0.808. The second-order valence-electron chi connectivity index (χ2n) is 5.00. The summed E-state index contributed by atoms with van der Waals surface area (Å²) in [6.45, 7) is 2.35. The van der Waals surface area contributed by atoms with Gasteiger partial charge in [-0.25, -0.2) is 8.42 Å². The summed E-state index contributed by atoms with van der Waals surface area (Å²) in [7, 11) is -1.45. The van der Waals surface area contributed by atoms with Crippen molar-refractivity contribution in [2.24, 2.45) is 0 Å². The molecule has 0 aromatic heterocycles. The number of hydrogen-bond donors (Lipinski definition) is 0. The second-order valence-corrected chi connectivity index (χ2v) is 8.08. The first-order valence-electron chi connectivity index (χ1n) is 6.73. The Labute approximate surface area is 133 Å². The van der Waals surface area contributed by atoms with Gasteiger partial charge in [0.1, 0.15) is 5.75 Å². The Morgan fingerprint density at radius 1 is 1.48 bits per heavy atom. The smallest absolute Gasteiger partial charge is 0.254 e. The maximum absolute atomic E-state index is 12.6. The van der Waals surface area contributed by atoms with Crippen LogP contribution in [0.1, 0.15) is 23.7 Å². The maximum Gasteiger partial charge on any atom is 0.254 e. The lowest BCUT2D eigenvalue weighted by atomic mass is 10.1. The molecule has 1 fully saturated rings. The largest absolute Gasteiger partial charge is 0.496 e. The molecule has 0 spiro atoms. The number of rotatable bonds is 4. The van der Waals surface area contributed by atoms with E-state index < -0.39 is 9.84 Å². The van der Waals surface area contributed by atoms with Gasteiger partial charge >= 0.3 is 0 Å². The Balaban J connectivity index is 2.23. The van der Waals surface area contributed by atoms with Crippen LogP contribution in [0.15, 0.2) is 22.7 Å². The topological polar surface area (TPSA) is 63.7 Å². The number of sulfone groups is 1. The molecule has 0 N–H and O–H groups in total. The number of nitrogens with zero attached hydrogens (tertiary/aromatic N) is 1. The van der Waals surface area contributed by atoms with Crippen LogP contribution in [0.3, 0.4) is 0 Å².